The lowest BCUT2D eigenvalue weighted by atomic mass is 10.1. The van der Waals surface area contributed by atoms with Gasteiger partial charge in [-0.3, -0.25) is 9.59 Å². The highest BCUT2D eigenvalue weighted by molar-refractivity contribution is 8.93. The quantitative estimate of drug-likeness (QED) is 0.337. The Morgan fingerprint density at radius 1 is 1.07 bits per heavy atom. The van der Waals surface area contributed by atoms with E-state index >= 15 is 0 Å². The van der Waals surface area contributed by atoms with Crippen molar-refractivity contribution in [2.45, 2.75) is 25.3 Å². The normalized spacial score (nSPS) is 10.9. The van der Waals surface area contributed by atoms with Crippen molar-refractivity contribution in [3.63, 3.8) is 0 Å². The van der Waals surface area contributed by atoms with E-state index < -0.39 is 17.6 Å². The fraction of sp³-hybridized carbons (Fsp3) is 0.278. The molecule has 0 saturated heterocycles. The number of rotatable bonds is 8. The van der Waals surface area contributed by atoms with Crippen LogP contribution in [0, 0.1) is 0 Å². The van der Waals surface area contributed by atoms with E-state index in [2.05, 4.69) is 10.3 Å². The van der Waals surface area contributed by atoms with Crippen LogP contribution in [0.25, 0.3) is 11.3 Å². The van der Waals surface area contributed by atoms with Crippen LogP contribution in [0.1, 0.15) is 29.6 Å². The van der Waals surface area contributed by atoms with E-state index in [1.54, 1.807) is 24.3 Å². The number of aromatic nitrogens is 1. The molecule has 8 nitrogen and oxygen atoms in total. The second-order valence-corrected chi connectivity index (χ2v) is 5.88. The maximum Gasteiger partial charge on any atom is 0.341 e. The van der Waals surface area contributed by atoms with Gasteiger partial charge in [-0.1, -0.05) is 18.6 Å². The Bertz CT molecular complexity index is 840. The molecule has 1 heterocycles. The zero-order valence-electron chi connectivity index (χ0n) is 15.0. The number of amides is 1. The van der Waals surface area contributed by atoms with E-state index in [1.165, 1.54) is 12.1 Å². The maximum atomic E-state index is 12.0. The van der Waals surface area contributed by atoms with Gasteiger partial charge in [-0.15, -0.1) is 34.0 Å². The predicted octanol–water partition coefficient (Wildman–Crippen LogP) is 2.29. The van der Waals surface area contributed by atoms with Gasteiger partial charge in [-0.2, -0.15) is 0 Å². The number of aromatic amines is 1. The summed E-state index contributed by atoms with van der Waals surface area (Å²) < 4.78 is 0. The number of carbonyl (C=O) groups is 2. The van der Waals surface area contributed by atoms with E-state index in [9.17, 15) is 14.4 Å². The number of nitrogens with two attached hydrogens (primary N) is 2. The molecule has 2 rings (SSSR count). The van der Waals surface area contributed by atoms with Gasteiger partial charge in [0, 0.05) is 11.4 Å². The van der Waals surface area contributed by atoms with Crippen LogP contribution in [0.2, 0.25) is 0 Å². The van der Waals surface area contributed by atoms with Crippen LogP contribution in [0.15, 0.2) is 41.2 Å². The van der Waals surface area contributed by atoms with Crippen molar-refractivity contribution >= 4 is 51.5 Å². The molecule has 28 heavy (non-hydrogen) atoms. The Morgan fingerprint density at radius 2 is 1.71 bits per heavy atom. The summed E-state index contributed by atoms with van der Waals surface area (Å²) >= 11 is 0. The Labute approximate surface area is 183 Å². The largest absolute Gasteiger partial charge is 0.477 e. The van der Waals surface area contributed by atoms with Crippen LogP contribution in [0.4, 0.5) is 5.69 Å². The smallest absolute Gasteiger partial charge is 0.341 e. The lowest BCUT2D eigenvalue weighted by Gasteiger charge is -2.12. The predicted molar refractivity (Wildman–Crippen MR) is 120 cm³/mol. The number of benzene rings is 1. The molecule has 7 N–H and O–H groups in total. The monoisotopic (exact) mass is 518 g/mol. The lowest BCUT2D eigenvalue weighted by Crippen LogP contribution is -2.35. The molecule has 0 bridgehead atoms. The molecule has 0 unspecified atom stereocenters. The Hall–Kier alpha value is -2.01. The number of hydrogen-bond donors (Lipinski definition) is 5. The van der Waals surface area contributed by atoms with Crippen molar-refractivity contribution in [3.05, 3.63) is 52.3 Å². The van der Waals surface area contributed by atoms with E-state index in [1.807, 2.05) is 0 Å². The zero-order valence-corrected chi connectivity index (χ0v) is 18.4. The molecule has 1 aromatic carbocycles. The van der Waals surface area contributed by atoms with E-state index in [-0.39, 0.29) is 45.4 Å². The Balaban J connectivity index is 0.00000364. The van der Waals surface area contributed by atoms with Gasteiger partial charge in [-0.25, -0.2) is 4.79 Å². The highest BCUT2D eigenvalue weighted by Crippen LogP contribution is 2.19. The number of H-pyrrole nitrogens is 1. The highest BCUT2D eigenvalue weighted by atomic mass is 79.9. The van der Waals surface area contributed by atoms with Crippen LogP contribution in [0.5, 0.6) is 0 Å². The first-order valence-corrected chi connectivity index (χ1v) is 8.26. The van der Waals surface area contributed by atoms with Crippen LogP contribution in [-0.2, 0) is 4.79 Å². The van der Waals surface area contributed by atoms with Crippen LogP contribution in [-0.4, -0.2) is 34.6 Å². The fourth-order valence-electron chi connectivity index (χ4n) is 2.42. The molecule has 154 valence electrons. The first kappa shape index (κ1) is 26.0. The number of carbonyl (C=O) groups excluding carboxylic acids is 1. The molecule has 1 aromatic heterocycles. The lowest BCUT2D eigenvalue weighted by molar-refractivity contribution is -0.117. The molecule has 1 amide bonds. The summed E-state index contributed by atoms with van der Waals surface area (Å²) in [6, 6.07) is 8.97. The van der Waals surface area contributed by atoms with Crippen molar-refractivity contribution < 1.29 is 14.7 Å². The van der Waals surface area contributed by atoms with Gasteiger partial charge < -0.3 is 26.9 Å². The average Bonchev–Trinajstić information content (AvgIpc) is 2.62. The van der Waals surface area contributed by atoms with Gasteiger partial charge in [0.2, 0.25) is 5.91 Å². The number of aromatic carboxylic acids is 1. The Morgan fingerprint density at radius 3 is 2.25 bits per heavy atom. The third-order valence-electron chi connectivity index (χ3n) is 3.91. The van der Waals surface area contributed by atoms with Crippen molar-refractivity contribution in [2.75, 3.05) is 11.9 Å². The molecule has 1 atom stereocenters. The van der Waals surface area contributed by atoms with Gasteiger partial charge in [0.25, 0.3) is 5.56 Å². The topological polar surface area (TPSA) is 151 Å². The molecule has 0 aliphatic carbocycles. The second-order valence-electron chi connectivity index (χ2n) is 5.88. The molecule has 0 fully saturated rings. The Kier molecular flexibility index (Phi) is 11.6. The van der Waals surface area contributed by atoms with Gasteiger partial charge in [-0.05, 0) is 49.2 Å². The fourth-order valence-corrected chi connectivity index (χ4v) is 2.42. The maximum absolute atomic E-state index is 12.0. The van der Waals surface area contributed by atoms with Gasteiger partial charge >= 0.3 is 5.97 Å². The summed E-state index contributed by atoms with van der Waals surface area (Å²) in [6.07, 6.45) is 2.19. The molecule has 0 spiro atoms. The standard InChI is InChI=1S/C18H22N4O4.2BrH/c19-10-2-1-3-14(20)17(24)21-12-6-4-11(5-7-12)15-9-8-13(18(25)26)16(23)22-15;;/h4-9,14H,1-3,10,19-20H2,(H,21,24)(H,22,23)(H,25,26);2*1H/t14-;;/m0../s1. The minimum atomic E-state index is -1.28. The molecule has 0 aliphatic rings. The number of halogens is 2. The summed E-state index contributed by atoms with van der Waals surface area (Å²) in [7, 11) is 0. The summed E-state index contributed by atoms with van der Waals surface area (Å²) in [4.78, 5) is 37.2. The molecule has 0 aliphatic heterocycles. The molecular formula is C18H24Br2N4O4. The van der Waals surface area contributed by atoms with Crippen molar-refractivity contribution in [2.24, 2.45) is 11.5 Å². The number of anilines is 1. The highest BCUT2D eigenvalue weighted by Gasteiger charge is 2.13. The second kappa shape index (κ2) is 12.4. The number of unbranched alkanes of at least 4 members (excludes halogenated alkanes) is 1. The van der Waals surface area contributed by atoms with E-state index in [0.717, 1.165) is 12.8 Å². The SMILES string of the molecule is Br.Br.NCCCC[C@H](N)C(=O)Nc1ccc(-c2ccc(C(=O)O)c(=O)[nH]2)cc1. The van der Waals surface area contributed by atoms with Crippen molar-refractivity contribution in [1.29, 1.82) is 0 Å². The third-order valence-corrected chi connectivity index (χ3v) is 3.91. The van der Waals surface area contributed by atoms with Gasteiger partial charge in [0.15, 0.2) is 0 Å². The van der Waals surface area contributed by atoms with Crippen LogP contribution < -0.4 is 22.3 Å². The summed E-state index contributed by atoms with van der Waals surface area (Å²) in [5.74, 6) is -1.55. The molecular weight excluding hydrogens is 496 g/mol. The number of pyridine rings is 1. The van der Waals surface area contributed by atoms with Gasteiger partial charge in [0.1, 0.15) is 5.56 Å². The zero-order chi connectivity index (χ0) is 19.1. The van der Waals surface area contributed by atoms with Crippen LogP contribution >= 0.6 is 34.0 Å². The first-order chi connectivity index (χ1) is 12.4. The van der Waals surface area contributed by atoms with Crippen molar-refractivity contribution in [1.82, 2.24) is 4.98 Å². The number of hydrogen-bond acceptors (Lipinski definition) is 5. The molecule has 2 aromatic rings. The number of carboxylic acid groups (broad SMARTS) is 1. The van der Waals surface area contributed by atoms with E-state index in [0.29, 0.717) is 29.9 Å². The molecule has 10 heteroatoms. The number of carboxylic acids is 1. The van der Waals surface area contributed by atoms with Crippen molar-refractivity contribution in [3.8, 4) is 11.3 Å². The summed E-state index contributed by atoms with van der Waals surface area (Å²) in [6.45, 7) is 0.575. The third kappa shape index (κ3) is 7.19. The average molecular weight is 520 g/mol. The minimum absolute atomic E-state index is 0. The molecule has 0 saturated carbocycles. The summed E-state index contributed by atoms with van der Waals surface area (Å²) in [5, 5.41) is 11.6. The van der Waals surface area contributed by atoms with Gasteiger partial charge in [0.05, 0.1) is 6.04 Å². The van der Waals surface area contributed by atoms with Crippen LogP contribution in [0.3, 0.4) is 0 Å². The number of nitrogens with one attached hydrogen (secondary N) is 2. The summed E-state index contributed by atoms with van der Waals surface area (Å²) in [5.41, 5.74) is 12.0. The minimum Gasteiger partial charge on any atom is -0.477 e. The first-order valence-electron chi connectivity index (χ1n) is 8.26. The van der Waals surface area contributed by atoms with E-state index in [4.69, 9.17) is 16.6 Å². The molecule has 0 radical (unpaired) electrons.